The Hall–Kier alpha value is -2.79. The molecule has 0 atom stereocenters. The van der Waals surface area contributed by atoms with E-state index in [1.165, 1.54) is 31.4 Å². The Kier molecular flexibility index (Phi) is 6.99. The quantitative estimate of drug-likeness (QED) is 0.660. The van der Waals surface area contributed by atoms with Crippen LogP contribution in [0.4, 0.5) is 24.5 Å². The zero-order chi connectivity index (χ0) is 22.7. The molecule has 0 bridgehead atoms. The van der Waals surface area contributed by atoms with Crippen molar-refractivity contribution in [2.75, 3.05) is 29.5 Å². The fourth-order valence-corrected chi connectivity index (χ4v) is 3.50. The zero-order valence-electron chi connectivity index (χ0n) is 15.7. The molecule has 0 heterocycles. The number of nitrogens with zero attached hydrogens (tertiary/aromatic N) is 1. The van der Waals surface area contributed by atoms with Crippen molar-refractivity contribution in [3.05, 3.63) is 58.6 Å². The van der Waals surface area contributed by atoms with Gasteiger partial charge < -0.3 is 10.1 Å². The van der Waals surface area contributed by atoms with Crippen molar-refractivity contribution in [2.24, 2.45) is 0 Å². The maximum absolute atomic E-state index is 13.1. The van der Waals surface area contributed by atoms with Crippen LogP contribution in [0.25, 0.3) is 0 Å². The highest BCUT2D eigenvalue weighted by molar-refractivity contribution is 7.92. The summed E-state index contributed by atoms with van der Waals surface area (Å²) in [5, 5.41) is 1.81. The number of sulfonamides is 1. The van der Waals surface area contributed by atoms with Crippen LogP contribution in [0, 0.1) is 0 Å². The van der Waals surface area contributed by atoms with E-state index in [0.717, 1.165) is 18.4 Å². The summed E-state index contributed by atoms with van der Waals surface area (Å²) in [6.07, 6.45) is -4.05. The van der Waals surface area contributed by atoms with Gasteiger partial charge in [0.1, 0.15) is 6.54 Å². The molecule has 0 spiro atoms. The second-order valence-electron chi connectivity index (χ2n) is 6.05. The van der Waals surface area contributed by atoms with E-state index in [-0.39, 0.29) is 16.9 Å². The average molecular weight is 465 g/mol. The molecule has 0 aliphatic carbocycles. The van der Waals surface area contributed by atoms with E-state index in [9.17, 15) is 31.2 Å². The number of hydrogen-bond acceptors (Lipinski definition) is 5. The summed E-state index contributed by atoms with van der Waals surface area (Å²) in [6.45, 7) is -0.781. The van der Waals surface area contributed by atoms with Gasteiger partial charge in [0.25, 0.3) is 0 Å². The van der Waals surface area contributed by atoms with Gasteiger partial charge in [-0.15, -0.1) is 0 Å². The molecule has 1 N–H and O–H groups in total. The molecule has 12 heteroatoms. The van der Waals surface area contributed by atoms with Gasteiger partial charge in [0.2, 0.25) is 15.9 Å². The fraction of sp³-hybridized carbons (Fsp3) is 0.222. The SMILES string of the molecule is COC(=O)c1ccc(NC(=O)CN(c2ccc(Cl)c(C(F)(F)F)c2)S(C)(=O)=O)cc1. The van der Waals surface area contributed by atoms with E-state index in [0.29, 0.717) is 10.4 Å². The fourth-order valence-electron chi connectivity index (χ4n) is 2.42. The largest absolute Gasteiger partial charge is 0.465 e. The highest BCUT2D eigenvalue weighted by atomic mass is 35.5. The van der Waals surface area contributed by atoms with E-state index in [1.807, 2.05) is 0 Å². The second kappa shape index (κ2) is 8.92. The maximum Gasteiger partial charge on any atom is 0.417 e. The predicted octanol–water partition coefficient (Wildman–Crippen LogP) is 3.55. The summed E-state index contributed by atoms with van der Waals surface area (Å²) < 4.78 is 68.5. The van der Waals surface area contributed by atoms with Crippen LogP contribution in [0.1, 0.15) is 15.9 Å². The first-order valence-corrected chi connectivity index (χ1v) is 10.4. The van der Waals surface area contributed by atoms with Gasteiger partial charge in [-0.1, -0.05) is 11.6 Å². The monoisotopic (exact) mass is 464 g/mol. The molecule has 1 amide bonds. The summed E-state index contributed by atoms with van der Waals surface area (Å²) in [7, 11) is -2.89. The predicted molar refractivity (Wildman–Crippen MR) is 105 cm³/mol. The van der Waals surface area contributed by atoms with Crippen LogP contribution in [-0.4, -0.2) is 40.2 Å². The lowest BCUT2D eigenvalue weighted by Crippen LogP contribution is -2.37. The van der Waals surface area contributed by atoms with Gasteiger partial charge in [0, 0.05) is 5.69 Å². The van der Waals surface area contributed by atoms with Gasteiger partial charge in [-0.3, -0.25) is 9.10 Å². The van der Waals surface area contributed by atoms with Crippen LogP contribution < -0.4 is 9.62 Å². The van der Waals surface area contributed by atoms with E-state index in [2.05, 4.69) is 10.1 Å². The molecule has 7 nitrogen and oxygen atoms in total. The van der Waals surface area contributed by atoms with Crippen LogP contribution in [0.2, 0.25) is 5.02 Å². The summed E-state index contributed by atoms with van der Waals surface area (Å²) >= 11 is 5.56. The molecule has 162 valence electrons. The minimum absolute atomic E-state index is 0.231. The Morgan fingerprint density at radius 2 is 1.73 bits per heavy atom. The number of rotatable bonds is 6. The van der Waals surface area contributed by atoms with Crippen molar-refractivity contribution < 1.29 is 35.9 Å². The summed E-state index contributed by atoms with van der Waals surface area (Å²) in [5.41, 5.74) is -1.12. The number of alkyl halides is 3. The van der Waals surface area contributed by atoms with Crippen molar-refractivity contribution in [3.8, 4) is 0 Å². The topological polar surface area (TPSA) is 92.8 Å². The normalized spacial score (nSPS) is 11.7. The Balaban J connectivity index is 2.26. The zero-order valence-corrected chi connectivity index (χ0v) is 17.2. The number of anilines is 2. The van der Waals surface area contributed by atoms with Crippen LogP contribution in [0.15, 0.2) is 42.5 Å². The highest BCUT2D eigenvalue weighted by Crippen LogP contribution is 2.37. The van der Waals surface area contributed by atoms with Crippen molar-refractivity contribution in [1.29, 1.82) is 0 Å². The molecule has 2 aromatic rings. The number of halogens is 4. The Labute approximate surface area is 175 Å². The van der Waals surface area contributed by atoms with Gasteiger partial charge in [-0.25, -0.2) is 13.2 Å². The molecule has 0 aliphatic rings. The number of amides is 1. The minimum Gasteiger partial charge on any atom is -0.465 e. The van der Waals surface area contributed by atoms with Gasteiger partial charge >= 0.3 is 12.1 Å². The van der Waals surface area contributed by atoms with Crippen molar-refractivity contribution in [2.45, 2.75) is 6.18 Å². The van der Waals surface area contributed by atoms with Crippen LogP contribution in [-0.2, 0) is 25.7 Å². The van der Waals surface area contributed by atoms with Gasteiger partial charge in [-0.2, -0.15) is 13.2 Å². The molecule has 0 radical (unpaired) electrons. The molecule has 2 rings (SSSR count). The van der Waals surface area contributed by atoms with E-state index >= 15 is 0 Å². The standard InChI is InChI=1S/C18H16ClF3N2O5S/c1-29-17(26)11-3-5-12(6-4-11)23-16(25)10-24(30(2,27)28)13-7-8-15(19)14(9-13)18(20,21)22/h3-9H,10H2,1-2H3,(H,23,25). The molecule has 30 heavy (non-hydrogen) atoms. The number of esters is 1. The maximum atomic E-state index is 13.1. The first-order valence-electron chi connectivity index (χ1n) is 8.15. The lowest BCUT2D eigenvalue weighted by Gasteiger charge is -2.23. The van der Waals surface area contributed by atoms with E-state index in [4.69, 9.17) is 11.6 Å². The summed E-state index contributed by atoms with van der Waals surface area (Å²) in [6, 6.07) is 8.06. The van der Waals surface area contributed by atoms with Gasteiger partial charge in [-0.05, 0) is 42.5 Å². The average Bonchev–Trinajstić information content (AvgIpc) is 2.65. The Bertz CT molecular complexity index is 1060. The van der Waals surface area contributed by atoms with Crippen molar-refractivity contribution >= 4 is 44.9 Å². The first-order chi connectivity index (χ1) is 13.8. The molecule has 2 aromatic carbocycles. The van der Waals surface area contributed by atoms with E-state index < -0.39 is 45.2 Å². The lowest BCUT2D eigenvalue weighted by molar-refractivity contribution is -0.137. The summed E-state index contributed by atoms with van der Waals surface area (Å²) in [4.78, 5) is 23.7. The molecular weight excluding hydrogens is 449 g/mol. The van der Waals surface area contributed by atoms with Gasteiger partial charge in [0.15, 0.2) is 0 Å². The molecule has 0 saturated carbocycles. The number of ether oxygens (including phenoxy) is 1. The van der Waals surface area contributed by atoms with Gasteiger partial charge in [0.05, 0.1) is 35.2 Å². The number of nitrogens with one attached hydrogen (secondary N) is 1. The third-order valence-electron chi connectivity index (χ3n) is 3.82. The van der Waals surface area contributed by atoms with Crippen molar-refractivity contribution in [1.82, 2.24) is 0 Å². The molecular formula is C18H16ClF3N2O5S. The molecule has 0 aliphatic heterocycles. The number of carbonyl (C=O) groups is 2. The number of hydrogen-bond donors (Lipinski definition) is 1. The number of methoxy groups -OCH3 is 1. The number of carbonyl (C=O) groups excluding carboxylic acids is 2. The third-order valence-corrected chi connectivity index (χ3v) is 5.29. The van der Waals surface area contributed by atoms with E-state index in [1.54, 1.807) is 0 Å². The minimum atomic E-state index is -4.81. The third kappa shape index (κ3) is 5.86. The van der Waals surface area contributed by atoms with Crippen molar-refractivity contribution in [3.63, 3.8) is 0 Å². The molecule has 0 aromatic heterocycles. The smallest absolute Gasteiger partial charge is 0.417 e. The molecule has 0 fully saturated rings. The summed E-state index contributed by atoms with van der Waals surface area (Å²) in [5.74, 6) is -1.39. The van der Waals surface area contributed by atoms with Crippen LogP contribution in [0.3, 0.4) is 0 Å². The molecule has 0 unspecified atom stereocenters. The second-order valence-corrected chi connectivity index (χ2v) is 8.36. The van der Waals surface area contributed by atoms with Crippen LogP contribution >= 0.6 is 11.6 Å². The Morgan fingerprint density at radius 3 is 2.23 bits per heavy atom. The highest BCUT2D eigenvalue weighted by Gasteiger charge is 2.34. The lowest BCUT2D eigenvalue weighted by atomic mass is 10.2. The molecule has 0 saturated heterocycles. The number of benzene rings is 2. The van der Waals surface area contributed by atoms with Crippen LogP contribution in [0.5, 0.6) is 0 Å². The Morgan fingerprint density at radius 1 is 1.13 bits per heavy atom. The first kappa shape index (κ1) is 23.5.